The number of aliphatic hydroxyl groups is 2. The van der Waals surface area contributed by atoms with Crippen LogP contribution in [0.1, 0.15) is 0 Å². The number of rotatable bonds is 0. The Bertz CT molecular complexity index is 338. The minimum Gasteiger partial charge on any atom is -0.504 e. The summed E-state index contributed by atoms with van der Waals surface area (Å²) in [4.78, 5) is 14.9. The van der Waals surface area contributed by atoms with Crippen molar-refractivity contribution in [2.75, 3.05) is 6.54 Å². The summed E-state index contributed by atoms with van der Waals surface area (Å²) in [6, 6.07) is 0. The average Bonchev–Trinajstić information content (AvgIpc) is 2.35. The predicted molar refractivity (Wildman–Crippen MR) is 42.1 cm³/mol. The Hall–Kier alpha value is -1.42. The smallest absolute Gasteiger partial charge is 0.220 e. The van der Waals surface area contributed by atoms with Gasteiger partial charge in [0.2, 0.25) is 5.78 Å². The van der Waals surface area contributed by atoms with Crippen LogP contribution in [0.3, 0.4) is 0 Å². The van der Waals surface area contributed by atoms with E-state index in [4.69, 9.17) is 5.11 Å². The quantitative estimate of drug-likeness (QED) is 0.486. The van der Waals surface area contributed by atoms with Gasteiger partial charge in [-0.05, 0) is 6.08 Å². The second-order valence-corrected chi connectivity index (χ2v) is 2.74. The maximum absolute atomic E-state index is 10.9. The van der Waals surface area contributed by atoms with Crippen molar-refractivity contribution in [2.24, 2.45) is 4.99 Å². The van der Waals surface area contributed by atoms with Crippen LogP contribution in [-0.4, -0.2) is 34.4 Å². The van der Waals surface area contributed by atoms with E-state index in [1.54, 1.807) is 0 Å². The van der Waals surface area contributed by atoms with Crippen molar-refractivity contribution >= 4 is 11.5 Å². The minimum atomic E-state index is -0.687. The van der Waals surface area contributed by atoms with Gasteiger partial charge in [-0.15, -0.1) is 0 Å². The number of nitrogens with zero attached hydrogens (tertiary/aromatic N) is 1. The summed E-state index contributed by atoms with van der Waals surface area (Å²) in [7, 11) is 0. The number of aliphatic imine (C=N–C) groups is 1. The maximum atomic E-state index is 10.9. The molecule has 0 aromatic carbocycles. The molecule has 12 heavy (non-hydrogen) atoms. The van der Waals surface area contributed by atoms with E-state index in [-0.39, 0.29) is 12.3 Å². The van der Waals surface area contributed by atoms with E-state index >= 15 is 0 Å². The normalized spacial score (nSPS) is 27.6. The number of hydrogen-bond donors (Lipinski definition) is 2. The van der Waals surface area contributed by atoms with Crippen LogP contribution in [0.5, 0.6) is 0 Å². The Balaban J connectivity index is 2.44. The monoisotopic (exact) mass is 165 g/mol. The van der Waals surface area contributed by atoms with Gasteiger partial charge in [0, 0.05) is 11.6 Å². The third-order valence-electron chi connectivity index (χ3n) is 1.90. The van der Waals surface area contributed by atoms with E-state index in [1.807, 2.05) is 0 Å². The second kappa shape index (κ2) is 2.28. The fourth-order valence-corrected chi connectivity index (χ4v) is 1.26. The Kier molecular flexibility index (Phi) is 1.38. The molecule has 1 aliphatic carbocycles. The standard InChI is InChI=1S/C8H7NO3/c10-6-1-4-5(2-7(6)11)9-3-8(4)12/h1-2,8,11-12H,3H2/t8-/m0/s1. The highest BCUT2D eigenvalue weighted by Crippen LogP contribution is 2.20. The summed E-state index contributed by atoms with van der Waals surface area (Å²) >= 11 is 0. The molecule has 62 valence electrons. The van der Waals surface area contributed by atoms with Crippen molar-refractivity contribution in [3.63, 3.8) is 0 Å². The number of ketones is 1. The Morgan fingerprint density at radius 1 is 1.50 bits per heavy atom. The minimum absolute atomic E-state index is 0.276. The molecule has 2 aliphatic rings. The van der Waals surface area contributed by atoms with Crippen LogP contribution >= 0.6 is 0 Å². The van der Waals surface area contributed by atoms with E-state index in [0.29, 0.717) is 11.3 Å². The summed E-state index contributed by atoms with van der Waals surface area (Å²) in [5.41, 5.74) is 1.03. The lowest BCUT2D eigenvalue weighted by molar-refractivity contribution is -0.113. The maximum Gasteiger partial charge on any atom is 0.220 e. The molecule has 0 aromatic rings. The van der Waals surface area contributed by atoms with Crippen molar-refractivity contribution in [2.45, 2.75) is 6.10 Å². The van der Waals surface area contributed by atoms with E-state index in [0.717, 1.165) is 0 Å². The summed E-state index contributed by atoms with van der Waals surface area (Å²) in [6.45, 7) is 0.276. The topological polar surface area (TPSA) is 69.9 Å². The molecule has 1 atom stereocenters. The summed E-state index contributed by atoms with van der Waals surface area (Å²) in [6.07, 6.45) is 1.83. The van der Waals surface area contributed by atoms with Gasteiger partial charge < -0.3 is 10.2 Å². The first kappa shape index (κ1) is 7.24. The first-order chi connectivity index (χ1) is 5.68. The van der Waals surface area contributed by atoms with Crippen LogP contribution in [0.15, 0.2) is 28.5 Å². The first-order valence-electron chi connectivity index (χ1n) is 3.58. The van der Waals surface area contributed by atoms with Crippen molar-refractivity contribution in [3.8, 4) is 0 Å². The molecule has 0 bridgehead atoms. The SMILES string of the molecule is O=C1C=C2C(=NC[C@@H]2O)C=C1O. The van der Waals surface area contributed by atoms with Crippen molar-refractivity contribution < 1.29 is 15.0 Å². The molecule has 2 N–H and O–H groups in total. The molecule has 1 heterocycles. The fourth-order valence-electron chi connectivity index (χ4n) is 1.26. The highest BCUT2D eigenvalue weighted by atomic mass is 16.3. The third kappa shape index (κ3) is 0.887. The number of hydrogen-bond acceptors (Lipinski definition) is 4. The molecule has 0 spiro atoms. The molecule has 4 nitrogen and oxygen atoms in total. The zero-order valence-electron chi connectivity index (χ0n) is 6.19. The predicted octanol–water partition coefficient (Wildman–Crippen LogP) is -0.247. The molecule has 0 amide bonds. The molecule has 1 aliphatic heterocycles. The average molecular weight is 165 g/mol. The molecule has 2 rings (SSSR count). The first-order valence-corrected chi connectivity index (χ1v) is 3.58. The van der Waals surface area contributed by atoms with Crippen LogP contribution in [0.25, 0.3) is 0 Å². The van der Waals surface area contributed by atoms with E-state index in [1.165, 1.54) is 12.2 Å². The summed E-state index contributed by atoms with van der Waals surface area (Å²) < 4.78 is 0. The lowest BCUT2D eigenvalue weighted by Gasteiger charge is -2.08. The molecule has 0 fully saturated rings. The van der Waals surface area contributed by atoms with Gasteiger partial charge in [-0.2, -0.15) is 0 Å². The van der Waals surface area contributed by atoms with Gasteiger partial charge in [-0.25, -0.2) is 0 Å². The Labute approximate surface area is 68.5 Å². The molecule has 0 saturated carbocycles. The molecular formula is C8H7NO3. The van der Waals surface area contributed by atoms with Crippen LogP contribution < -0.4 is 0 Å². The van der Waals surface area contributed by atoms with Crippen LogP contribution in [0, 0.1) is 0 Å². The number of allylic oxidation sites excluding steroid dienone is 2. The van der Waals surface area contributed by atoms with Crippen LogP contribution in [0.2, 0.25) is 0 Å². The number of carbonyl (C=O) groups is 1. The number of fused-ring (bicyclic) bond motifs is 1. The van der Waals surface area contributed by atoms with Crippen LogP contribution in [-0.2, 0) is 4.79 Å². The zero-order chi connectivity index (χ0) is 8.72. The zero-order valence-corrected chi connectivity index (χ0v) is 6.19. The van der Waals surface area contributed by atoms with E-state index < -0.39 is 11.9 Å². The third-order valence-corrected chi connectivity index (χ3v) is 1.90. The summed E-state index contributed by atoms with van der Waals surface area (Å²) in [5.74, 6) is -0.781. The largest absolute Gasteiger partial charge is 0.504 e. The molecule has 0 radical (unpaired) electrons. The Morgan fingerprint density at radius 3 is 3.00 bits per heavy atom. The van der Waals surface area contributed by atoms with Gasteiger partial charge in [0.25, 0.3) is 0 Å². The van der Waals surface area contributed by atoms with Crippen molar-refractivity contribution in [1.29, 1.82) is 0 Å². The number of carbonyl (C=O) groups excluding carboxylic acids is 1. The second-order valence-electron chi connectivity index (χ2n) is 2.74. The highest BCUT2D eigenvalue weighted by molar-refractivity contribution is 6.22. The van der Waals surface area contributed by atoms with Gasteiger partial charge in [0.05, 0.1) is 12.3 Å². The number of aliphatic hydroxyl groups excluding tert-OH is 2. The lowest BCUT2D eigenvalue weighted by Crippen LogP contribution is -2.18. The van der Waals surface area contributed by atoms with Crippen LogP contribution in [0.4, 0.5) is 0 Å². The molecule has 4 heteroatoms. The van der Waals surface area contributed by atoms with Gasteiger partial charge in [0.1, 0.15) is 6.10 Å². The van der Waals surface area contributed by atoms with E-state index in [9.17, 15) is 9.90 Å². The van der Waals surface area contributed by atoms with E-state index in [2.05, 4.69) is 4.99 Å². The molecule has 0 unspecified atom stereocenters. The molecular weight excluding hydrogens is 158 g/mol. The van der Waals surface area contributed by atoms with Gasteiger partial charge in [-0.3, -0.25) is 9.79 Å². The van der Waals surface area contributed by atoms with Gasteiger partial charge in [-0.1, -0.05) is 0 Å². The molecule has 0 aromatic heterocycles. The van der Waals surface area contributed by atoms with Gasteiger partial charge >= 0.3 is 0 Å². The lowest BCUT2D eigenvalue weighted by atomic mass is 10.00. The molecule has 0 saturated heterocycles. The van der Waals surface area contributed by atoms with Crippen molar-refractivity contribution in [1.82, 2.24) is 0 Å². The fraction of sp³-hybridized carbons (Fsp3) is 0.250. The summed E-state index contributed by atoms with van der Waals surface area (Å²) in [5, 5.41) is 18.3. The van der Waals surface area contributed by atoms with Gasteiger partial charge in [0.15, 0.2) is 5.76 Å². The van der Waals surface area contributed by atoms with Crippen molar-refractivity contribution in [3.05, 3.63) is 23.5 Å². The highest BCUT2D eigenvalue weighted by Gasteiger charge is 2.27. The Morgan fingerprint density at radius 2 is 2.25 bits per heavy atom.